The molecule has 0 heterocycles. The maximum atomic E-state index is 11.7. The van der Waals surface area contributed by atoms with Gasteiger partial charge in [0.1, 0.15) is 5.75 Å². The van der Waals surface area contributed by atoms with E-state index in [1.807, 2.05) is 6.92 Å². The Bertz CT molecular complexity index is 481. The number of primary amides is 1. The van der Waals surface area contributed by atoms with Crippen molar-refractivity contribution in [3.8, 4) is 5.75 Å². The van der Waals surface area contributed by atoms with Gasteiger partial charge in [-0.1, -0.05) is 19.1 Å². The lowest BCUT2D eigenvalue weighted by Crippen LogP contribution is -2.34. The molecule has 0 aliphatic carbocycles. The van der Waals surface area contributed by atoms with Gasteiger partial charge in [0, 0.05) is 5.57 Å². The topological polar surface area (TPSA) is 92.4 Å². The SMILES string of the molecule is CC/C(=C\c1cccc(O)c1)C(=O)NCC(N)=O. The van der Waals surface area contributed by atoms with Crippen molar-refractivity contribution in [1.29, 1.82) is 0 Å². The predicted octanol–water partition coefficient (Wildman–Crippen LogP) is 0.787. The van der Waals surface area contributed by atoms with Crippen molar-refractivity contribution >= 4 is 17.9 Å². The molecular formula is C13H16N2O3. The minimum Gasteiger partial charge on any atom is -0.508 e. The lowest BCUT2D eigenvalue weighted by atomic mass is 10.1. The van der Waals surface area contributed by atoms with Gasteiger partial charge in [0.2, 0.25) is 11.8 Å². The fourth-order valence-corrected chi connectivity index (χ4v) is 1.42. The van der Waals surface area contributed by atoms with Crippen LogP contribution in [-0.4, -0.2) is 23.5 Å². The number of rotatable bonds is 5. The summed E-state index contributed by atoms with van der Waals surface area (Å²) >= 11 is 0. The van der Waals surface area contributed by atoms with Crippen LogP contribution in [0.15, 0.2) is 29.8 Å². The third kappa shape index (κ3) is 4.29. The molecule has 1 aromatic carbocycles. The molecule has 5 nitrogen and oxygen atoms in total. The Morgan fingerprint density at radius 2 is 2.17 bits per heavy atom. The van der Waals surface area contributed by atoms with Crippen LogP contribution in [0.3, 0.4) is 0 Å². The van der Waals surface area contributed by atoms with Crippen molar-refractivity contribution in [2.45, 2.75) is 13.3 Å². The lowest BCUT2D eigenvalue weighted by Gasteiger charge is -2.05. The first-order chi connectivity index (χ1) is 8.52. The summed E-state index contributed by atoms with van der Waals surface area (Å²) in [5.74, 6) is -0.785. The molecule has 4 N–H and O–H groups in total. The normalized spacial score (nSPS) is 11.1. The molecular weight excluding hydrogens is 232 g/mol. The zero-order valence-corrected chi connectivity index (χ0v) is 10.1. The van der Waals surface area contributed by atoms with Crippen LogP contribution in [0.1, 0.15) is 18.9 Å². The number of hydrogen-bond donors (Lipinski definition) is 3. The van der Waals surface area contributed by atoms with Gasteiger partial charge >= 0.3 is 0 Å². The van der Waals surface area contributed by atoms with E-state index in [2.05, 4.69) is 5.32 Å². The van der Waals surface area contributed by atoms with Gasteiger partial charge in [-0.05, 0) is 30.2 Å². The van der Waals surface area contributed by atoms with E-state index in [4.69, 9.17) is 5.73 Å². The maximum absolute atomic E-state index is 11.7. The van der Waals surface area contributed by atoms with E-state index in [0.29, 0.717) is 12.0 Å². The van der Waals surface area contributed by atoms with Crippen molar-refractivity contribution in [3.63, 3.8) is 0 Å². The molecule has 0 fully saturated rings. The molecule has 0 saturated carbocycles. The van der Waals surface area contributed by atoms with Gasteiger partial charge in [-0.2, -0.15) is 0 Å². The molecule has 2 amide bonds. The number of carbonyl (C=O) groups excluding carboxylic acids is 2. The fourth-order valence-electron chi connectivity index (χ4n) is 1.42. The van der Waals surface area contributed by atoms with Crippen molar-refractivity contribution in [1.82, 2.24) is 5.32 Å². The van der Waals surface area contributed by atoms with E-state index in [0.717, 1.165) is 5.56 Å². The minimum absolute atomic E-state index is 0.136. The molecule has 0 atom stereocenters. The molecule has 0 aliphatic rings. The first kappa shape index (κ1) is 13.8. The van der Waals surface area contributed by atoms with Crippen LogP contribution in [0, 0.1) is 0 Å². The highest BCUT2D eigenvalue weighted by atomic mass is 16.3. The van der Waals surface area contributed by atoms with Crippen molar-refractivity contribution in [2.24, 2.45) is 5.73 Å². The molecule has 0 aromatic heterocycles. The first-order valence-corrected chi connectivity index (χ1v) is 5.59. The van der Waals surface area contributed by atoms with Crippen LogP contribution in [0.4, 0.5) is 0 Å². The third-order valence-electron chi connectivity index (χ3n) is 2.31. The van der Waals surface area contributed by atoms with Crippen molar-refractivity contribution < 1.29 is 14.7 Å². The Kier molecular flexibility index (Phi) is 4.92. The zero-order chi connectivity index (χ0) is 13.5. The molecule has 1 aromatic rings. The summed E-state index contributed by atoms with van der Waals surface area (Å²) in [5, 5.41) is 11.7. The van der Waals surface area contributed by atoms with Crippen LogP contribution < -0.4 is 11.1 Å². The highest BCUT2D eigenvalue weighted by Gasteiger charge is 2.08. The van der Waals surface area contributed by atoms with Gasteiger partial charge in [0.15, 0.2) is 0 Å². The average molecular weight is 248 g/mol. The quantitative estimate of drug-likeness (QED) is 0.672. The summed E-state index contributed by atoms with van der Waals surface area (Å²) in [7, 11) is 0. The Morgan fingerprint density at radius 3 is 2.72 bits per heavy atom. The van der Waals surface area contributed by atoms with E-state index >= 15 is 0 Å². The second-order valence-electron chi connectivity index (χ2n) is 3.77. The minimum atomic E-state index is -0.587. The monoisotopic (exact) mass is 248 g/mol. The number of hydrogen-bond acceptors (Lipinski definition) is 3. The van der Waals surface area contributed by atoms with Crippen LogP contribution in [0.5, 0.6) is 5.75 Å². The predicted molar refractivity (Wildman–Crippen MR) is 68.6 cm³/mol. The number of carbonyl (C=O) groups is 2. The highest BCUT2D eigenvalue weighted by Crippen LogP contribution is 2.15. The van der Waals surface area contributed by atoms with Crippen LogP contribution in [0.2, 0.25) is 0 Å². The molecule has 96 valence electrons. The number of aromatic hydroxyl groups is 1. The molecule has 18 heavy (non-hydrogen) atoms. The summed E-state index contributed by atoms with van der Waals surface area (Å²) in [6.07, 6.45) is 2.18. The van der Waals surface area contributed by atoms with E-state index in [1.165, 1.54) is 0 Å². The van der Waals surface area contributed by atoms with Gasteiger partial charge in [-0.15, -0.1) is 0 Å². The number of nitrogens with one attached hydrogen (secondary N) is 1. The van der Waals surface area contributed by atoms with Crippen molar-refractivity contribution in [3.05, 3.63) is 35.4 Å². The smallest absolute Gasteiger partial charge is 0.247 e. The molecule has 0 unspecified atom stereocenters. The second-order valence-corrected chi connectivity index (χ2v) is 3.77. The van der Waals surface area contributed by atoms with E-state index in [9.17, 15) is 14.7 Å². The Hall–Kier alpha value is -2.30. The molecule has 5 heteroatoms. The van der Waals surface area contributed by atoms with Gasteiger partial charge in [0.25, 0.3) is 0 Å². The number of phenolic OH excluding ortho intramolecular Hbond substituents is 1. The van der Waals surface area contributed by atoms with E-state index < -0.39 is 5.91 Å². The third-order valence-corrected chi connectivity index (χ3v) is 2.31. The number of amides is 2. The summed E-state index contributed by atoms with van der Waals surface area (Å²) in [6, 6.07) is 6.57. The first-order valence-electron chi connectivity index (χ1n) is 5.59. The lowest BCUT2D eigenvalue weighted by molar-refractivity contribution is -0.122. The standard InChI is InChI=1S/C13H16N2O3/c1-2-10(13(18)15-8-12(14)17)6-9-4-3-5-11(16)7-9/h3-7,16H,2,8H2,1H3,(H2,14,17)(H,15,18)/b10-6+. The Morgan fingerprint density at radius 1 is 1.44 bits per heavy atom. The highest BCUT2D eigenvalue weighted by molar-refractivity contribution is 5.99. The number of nitrogens with two attached hydrogens (primary N) is 1. The number of phenols is 1. The fraction of sp³-hybridized carbons (Fsp3) is 0.231. The summed E-state index contributed by atoms with van der Waals surface area (Å²) in [4.78, 5) is 22.3. The van der Waals surface area contributed by atoms with Crippen molar-refractivity contribution in [2.75, 3.05) is 6.54 Å². The molecule has 0 radical (unpaired) electrons. The average Bonchev–Trinajstić information content (AvgIpc) is 2.33. The summed E-state index contributed by atoms with van der Waals surface area (Å²) in [5.41, 5.74) is 6.19. The van der Waals surface area contributed by atoms with Crippen LogP contribution >= 0.6 is 0 Å². The molecule has 0 aliphatic heterocycles. The molecule has 1 rings (SSSR count). The van der Waals surface area contributed by atoms with Crippen LogP contribution in [0.25, 0.3) is 6.08 Å². The second kappa shape index (κ2) is 6.44. The molecule has 0 saturated heterocycles. The van der Waals surface area contributed by atoms with Crippen LogP contribution in [-0.2, 0) is 9.59 Å². The Labute approximate surface area is 105 Å². The molecule has 0 spiro atoms. The van der Waals surface area contributed by atoms with Gasteiger partial charge < -0.3 is 16.2 Å². The zero-order valence-electron chi connectivity index (χ0n) is 10.1. The maximum Gasteiger partial charge on any atom is 0.247 e. The van der Waals surface area contributed by atoms with E-state index in [1.54, 1.807) is 30.3 Å². The van der Waals surface area contributed by atoms with E-state index in [-0.39, 0.29) is 18.2 Å². The summed E-state index contributed by atoms with van der Waals surface area (Å²) < 4.78 is 0. The Balaban J connectivity index is 2.82. The largest absolute Gasteiger partial charge is 0.508 e. The van der Waals surface area contributed by atoms with Gasteiger partial charge in [-0.3, -0.25) is 9.59 Å². The van der Waals surface area contributed by atoms with Gasteiger partial charge in [0.05, 0.1) is 6.54 Å². The number of benzene rings is 1. The summed E-state index contributed by atoms with van der Waals surface area (Å²) in [6.45, 7) is 1.65. The van der Waals surface area contributed by atoms with Gasteiger partial charge in [-0.25, -0.2) is 0 Å². The molecule has 0 bridgehead atoms.